The molecule has 1 saturated heterocycles. The Morgan fingerprint density at radius 1 is 0.757 bits per heavy atom. The first-order chi connectivity index (χ1) is 17.8. The number of hydrogen-bond donors (Lipinski definition) is 1. The van der Waals surface area contributed by atoms with Crippen LogP contribution >= 0.6 is 11.8 Å². The third kappa shape index (κ3) is 4.69. The quantitative estimate of drug-likeness (QED) is 0.259. The van der Waals surface area contributed by atoms with Crippen molar-refractivity contribution in [3.05, 3.63) is 138 Å². The maximum atomic E-state index is 13.1. The number of aryl methyl sites for hydroxylation is 1. The highest BCUT2D eigenvalue weighted by Gasteiger charge is 2.54. The van der Waals surface area contributed by atoms with E-state index < -0.39 is 32.2 Å². The topological polar surface area (TPSA) is 89.7 Å². The molecular weight excluding hydrogens is 504 g/mol. The molecule has 1 aliphatic rings. The first-order valence-corrected chi connectivity index (χ1v) is 14.1. The van der Waals surface area contributed by atoms with Gasteiger partial charge in [0.15, 0.2) is 0 Å². The Kier molecular flexibility index (Phi) is 6.92. The molecule has 1 aliphatic heterocycles. The predicted octanol–water partition coefficient (Wildman–Crippen LogP) is 4.84. The van der Waals surface area contributed by atoms with Gasteiger partial charge in [0.1, 0.15) is 11.4 Å². The van der Waals surface area contributed by atoms with Crippen LogP contribution in [0.4, 0.5) is 0 Å². The van der Waals surface area contributed by atoms with Crippen LogP contribution in [0.15, 0.2) is 120 Å². The highest BCUT2D eigenvalue weighted by atomic mass is 32.2. The largest absolute Gasteiger partial charge is 0.317 e. The summed E-state index contributed by atoms with van der Waals surface area (Å²) < 4.78 is 30.7. The van der Waals surface area contributed by atoms with Gasteiger partial charge in [-0.1, -0.05) is 109 Å². The average Bonchev–Trinajstić information content (AvgIpc) is 2.94. The van der Waals surface area contributed by atoms with E-state index in [4.69, 9.17) is 10.0 Å². The van der Waals surface area contributed by atoms with E-state index in [0.29, 0.717) is 0 Å². The molecule has 6 nitrogen and oxygen atoms in total. The van der Waals surface area contributed by atoms with E-state index in [1.54, 1.807) is 12.1 Å². The van der Waals surface area contributed by atoms with E-state index in [1.165, 1.54) is 23.9 Å². The summed E-state index contributed by atoms with van der Waals surface area (Å²) in [5, 5.41) is 0.127. The molecule has 1 fully saturated rings. The fraction of sp³-hybridized carbons (Fsp3) is 0.138. The van der Waals surface area contributed by atoms with Crippen molar-refractivity contribution < 1.29 is 17.5 Å². The lowest BCUT2D eigenvalue weighted by Gasteiger charge is -2.47. The number of benzene rings is 4. The summed E-state index contributed by atoms with van der Waals surface area (Å²) >= 11 is 1.39. The SMILES string of the molecule is Cc1ccc(S(=O)(=O)ON2C(=O)[C@@H](N)[C@H]2SC(c2ccccc2)(c2ccccc2)c2ccccc2)cc1. The summed E-state index contributed by atoms with van der Waals surface area (Å²) in [4.78, 5) is 12.8. The van der Waals surface area contributed by atoms with Gasteiger partial charge >= 0.3 is 10.1 Å². The van der Waals surface area contributed by atoms with Crippen molar-refractivity contribution in [1.82, 2.24) is 5.06 Å². The molecule has 0 unspecified atom stereocenters. The lowest BCUT2D eigenvalue weighted by atomic mass is 9.84. The second kappa shape index (κ2) is 10.1. The average molecular weight is 531 g/mol. The number of nitrogens with two attached hydrogens (primary N) is 1. The zero-order valence-electron chi connectivity index (χ0n) is 20.1. The van der Waals surface area contributed by atoms with Gasteiger partial charge < -0.3 is 5.73 Å². The minimum absolute atomic E-state index is 0.0319. The number of hydrogen-bond acceptors (Lipinski definition) is 6. The summed E-state index contributed by atoms with van der Waals surface area (Å²) in [5.74, 6) is -0.587. The standard InChI is InChI=1S/C29H26N2O4S2/c1-21-17-19-25(20-18-21)37(33,34)35-31-27(32)26(30)28(31)36-29(22-11-5-2-6-12-22,23-13-7-3-8-14-23)24-15-9-4-10-16-24/h2-20,26,28H,30H2,1H3/t26-,28-/m1/s1. The minimum Gasteiger partial charge on any atom is -0.317 e. The summed E-state index contributed by atoms with van der Waals surface area (Å²) in [6.07, 6.45) is 0. The molecule has 0 spiro atoms. The van der Waals surface area contributed by atoms with Crippen LogP contribution in [0.2, 0.25) is 0 Å². The number of rotatable bonds is 8. The summed E-state index contributed by atoms with van der Waals surface area (Å²) in [7, 11) is -4.24. The number of nitrogens with zero attached hydrogens (tertiary/aromatic N) is 1. The van der Waals surface area contributed by atoms with Crippen molar-refractivity contribution in [3.63, 3.8) is 0 Å². The molecule has 2 N–H and O–H groups in total. The van der Waals surface area contributed by atoms with E-state index in [9.17, 15) is 13.2 Å². The molecule has 2 atom stereocenters. The smallest absolute Gasteiger partial charge is 0.317 e. The molecule has 1 amide bonds. The number of amides is 1. The molecule has 37 heavy (non-hydrogen) atoms. The summed E-state index contributed by atoms with van der Waals surface area (Å²) in [5.41, 5.74) is 10.1. The van der Waals surface area contributed by atoms with E-state index in [0.717, 1.165) is 27.3 Å². The number of thioether (sulfide) groups is 1. The second-order valence-electron chi connectivity index (χ2n) is 8.82. The van der Waals surface area contributed by atoms with E-state index in [2.05, 4.69) is 0 Å². The molecule has 8 heteroatoms. The van der Waals surface area contributed by atoms with Gasteiger partial charge in [-0.05, 0) is 35.7 Å². The van der Waals surface area contributed by atoms with Crippen LogP contribution in [0, 0.1) is 6.92 Å². The van der Waals surface area contributed by atoms with Crippen molar-refractivity contribution >= 4 is 27.8 Å². The Morgan fingerprint density at radius 3 is 1.62 bits per heavy atom. The van der Waals surface area contributed by atoms with Gasteiger partial charge in [0.2, 0.25) is 0 Å². The monoisotopic (exact) mass is 530 g/mol. The number of hydroxylamine groups is 2. The molecule has 5 rings (SSSR count). The fourth-order valence-corrected chi connectivity index (χ4v) is 7.09. The molecule has 0 aromatic heterocycles. The molecule has 4 aromatic carbocycles. The minimum atomic E-state index is -4.24. The molecular formula is C29H26N2O4S2. The van der Waals surface area contributed by atoms with Gasteiger partial charge in [-0.25, -0.2) is 0 Å². The van der Waals surface area contributed by atoms with Crippen molar-refractivity contribution in [2.24, 2.45) is 5.73 Å². The number of carbonyl (C=O) groups excluding carboxylic acids is 1. The molecule has 0 bridgehead atoms. The Morgan fingerprint density at radius 2 is 1.19 bits per heavy atom. The highest BCUT2D eigenvalue weighted by Crippen LogP contribution is 2.53. The first-order valence-electron chi connectivity index (χ1n) is 11.8. The van der Waals surface area contributed by atoms with Crippen LogP contribution in [-0.4, -0.2) is 30.8 Å². The third-order valence-electron chi connectivity index (χ3n) is 6.37. The third-order valence-corrected chi connectivity index (χ3v) is 9.36. The predicted molar refractivity (Wildman–Crippen MR) is 145 cm³/mol. The van der Waals surface area contributed by atoms with Gasteiger partial charge in [-0.2, -0.15) is 13.5 Å². The molecule has 0 saturated carbocycles. The normalized spacial score (nSPS) is 17.9. The first kappa shape index (κ1) is 25.2. The number of β-lactam (4-membered cyclic amide) rings is 1. The van der Waals surface area contributed by atoms with Crippen LogP contribution in [0.1, 0.15) is 22.3 Å². The van der Waals surface area contributed by atoms with Crippen molar-refractivity contribution in [2.75, 3.05) is 0 Å². The zero-order valence-corrected chi connectivity index (χ0v) is 21.7. The summed E-state index contributed by atoms with van der Waals surface area (Å²) in [6.45, 7) is 1.86. The van der Waals surface area contributed by atoms with Crippen LogP contribution < -0.4 is 5.73 Å². The molecule has 0 aliphatic carbocycles. The van der Waals surface area contributed by atoms with Crippen molar-refractivity contribution in [3.8, 4) is 0 Å². The van der Waals surface area contributed by atoms with E-state index in [1.807, 2.05) is 97.9 Å². The molecule has 0 radical (unpaired) electrons. The van der Waals surface area contributed by atoms with Crippen LogP contribution in [0.25, 0.3) is 0 Å². The highest BCUT2D eigenvalue weighted by molar-refractivity contribution is 8.01. The van der Waals surface area contributed by atoms with Crippen LogP contribution in [0.3, 0.4) is 0 Å². The second-order valence-corrected chi connectivity index (χ2v) is 11.7. The Balaban J connectivity index is 1.59. The molecule has 188 valence electrons. The maximum absolute atomic E-state index is 13.1. The fourth-order valence-electron chi connectivity index (χ4n) is 4.42. The Labute approximate surface area is 221 Å². The van der Waals surface area contributed by atoms with Crippen LogP contribution in [-0.2, 0) is 23.9 Å². The van der Waals surface area contributed by atoms with E-state index in [-0.39, 0.29) is 4.90 Å². The van der Waals surface area contributed by atoms with E-state index >= 15 is 0 Å². The van der Waals surface area contributed by atoms with Gasteiger partial charge in [-0.3, -0.25) is 4.79 Å². The number of carbonyl (C=O) groups is 1. The Bertz CT molecular complexity index is 1380. The van der Waals surface area contributed by atoms with Gasteiger partial charge in [0, 0.05) is 0 Å². The van der Waals surface area contributed by atoms with Crippen LogP contribution in [0.5, 0.6) is 0 Å². The molecule has 1 heterocycles. The van der Waals surface area contributed by atoms with Crippen molar-refractivity contribution in [1.29, 1.82) is 0 Å². The van der Waals surface area contributed by atoms with Gasteiger partial charge in [0.05, 0.1) is 9.64 Å². The summed E-state index contributed by atoms with van der Waals surface area (Å²) in [6, 6.07) is 35.0. The maximum Gasteiger partial charge on any atom is 0.317 e. The van der Waals surface area contributed by atoms with Gasteiger partial charge in [0.25, 0.3) is 5.91 Å². The van der Waals surface area contributed by atoms with Crippen molar-refractivity contribution in [2.45, 2.75) is 28.0 Å². The lowest BCUT2D eigenvalue weighted by molar-refractivity contribution is -0.181. The lowest BCUT2D eigenvalue weighted by Crippen LogP contribution is -2.68. The zero-order chi connectivity index (χ0) is 26.0. The Hall–Kier alpha value is -3.43. The van der Waals surface area contributed by atoms with Gasteiger partial charge in [-0.15, -0.1) is 16.0 Å². The molecule has 4 aromatic rings.